The Balaban J connectivity index is 1.27. The average Bonchev–Trinajstić information content (AvgIpc) is 2.93. The average molecular weight is 511 g/mol. The number of esters is 2. The molecular formula is C34H38O4. The number of hydrogen-bond acceptors (Lipinski definition) is 4. The van der Waals surface area contributed by atoms with E-state index in [9.17, 15) is 9.59 Å². The molecular weight excluding hydrogens is 472 g/mol. The molecule has 0 spiro atoms. The predicted molar refractivity (Wildman–Crippen MR) is 153 cm³/mol. The smallest absolute Gasteiger partial charge is 0.338 e. The second-order valence-corrected chi connectivity index (χ2v) is 10.5. The molecule has 4 heteroatoms. The monoisotopic (exact) mass is 510 g/mol. The third-order valence-corrected chi connectivity index (χ3v) is 7.43. The maximum Gasteiger partial charge on any atom is 0.338 e. The number of allylic oxidation sites excluding steroid dienone is 16. The van der Waals surface area contributed by atoms with Crippen LogP contribution in [0.3, 0.4) is 0 Å². The van der Waals surface area contributed by atoms with E-state index in [2.05, 4.69) is 49.6 Å². The second-order valence-electron chi connectivity index (χ2n) is 10.5. The topological polar surface area (TPSA) is 52.6 Å². The summed E-state index contributed by atoms with van der Waals surface area (Å²) in [4.78, 5) is 23.4. The van der Waals surface area contributed by atoms with Crippen LogP contribution in [0.4, 0.5) is 0 Å². The molecule has 4 aliphatic carbocycles. The Morgan fingerprint density at radius 1 is 0.553 bits per heavy atom. The minimum atomic E-state index is -0.349. The molecule has 0 saturated heterocycles. The Hall–Kier alpha value is -3.66. The zero-order valence-corrected chi connectivity index (χ0v) is 22.7. The summed E-state index contributed by atoms with van der Waals surface area (Å²) in [5.74, 6) is 0.742. The Kier molecular flexibility index (Phi) is 9.17. The van der Waals surface area contributed by atoms with Crippen LogP contribution in [0.2, 0.25) is 0 Å². The molecule has 38 heavy (non-hydrogen) atoms. The van der Waals surface area contributed by atoms with Crippen LogP contribution in [0, 0.1) is 0 Å². The molecule has 4 nitrogen and oxygen atoms in total. The third-order valence-electron chi connectivity index (χ3n) is 7.43. The predicted octanol–water partition coefficient (Wildman–Crippen LogP) is 8.51. The minimum Gasteiger partial charge on any atom is -0.428 e. The Labute approximate surface area is 226 Å². The molecule has 0 radical (unpaired) electrons. The molecule has 0 aliphatic heterocycles. The molecule has 0 saturated carbocycles. The van der Waals surface area contributed by atoms with Crippen molar-refractivity contribution in [2.45, 2.75) is 78.1 Å². The van der Waals surface area contributed by atoms with Crippen LogP contribution in [0.15, 0.2) is 118 Å². The first kappa shape index (κ1) is 27.4. The van der Waals surface area contributed by atoms with Gasteiger partial charge in [0.25, 0.3) is 0 Å². The summed E-state index contributed by atoms with van der Waals surface area (Å²) in [6, 6.07) is 0. The van der Waals surface area contributed by atoms with Crippen molar-refractivity contribution in [3.8, 4) is 0 Å². The number of carbonyl (C=O) groups is 2. The van der Waals surface area contributed by atoms with Crippen molar-refractivity contribution in [2.75, 3.05) is 0 Å². The zero-order chi connectivity index (χ0) is 27.1. The van der Waals surface area contributed by atoms with Gasteiger partial charge in [-0.3, -0.25) is 0 Å². The lowest BCUT2D eigenvalue weighted by Crippen LogP contribution is -2.08. The number of rotatable bonds is 9. The van der Waals surface area contributed by atoms with E-state index in [4.69, 9.17) is 9.47 Å². The highest BCUT2D eigenvalue weighted by molar-refractivity contribution is 5.88. The molecule has 0 fully saturated rings. The Morgan fingerprint density at radius 3 is 1.16 bits per heavy atom. The van der Waals surface area contributed by atoms with Crippen molar-refractivity contribution in [1.29, 1.82) is 0 Å². The van der Waals surface area contributed by atoms with Crippen LogP contribution in [0.1, 0.15) is 78.1 Å². The van der Waals surface area contributed by atoms with E-state index in [0.717, 1.165) is 75.7 Å². The van der Waals surface area contributed by atoms with Gasteiger partial charge in [0, 0.05) is 24.0 Å². The van der Waals surface area contributed by atoms with E-state index in [1.54, 1.807) is 13.8 Å². The zero-order valence-electron chi connectivity index (χ0n) is 22.7. The van der Waals surface area contributed by atoms with E-state index in [-0.39, 0.29) is 11.9 Å². The van der Waals surface area contributed by atoms with Crippen molar-refractivity contribution < 1.29 is 19.1 Å². The first-order chi connectivity index (χ1) is 18.3. The quantitative estimate of drug-likeness (QED) is 0.230. The molecule has 0 amide bonds. The molecule has 0 aromatic carbocycles. The van der Waals surface area contributed by atoms with Crippen molar-refractivity contribution >= 4 is 11.9 Å². The summed E-state index contributed by atoms with van der Waals surface area (Å²) in [5, 5.41) is 0. The number of ether oxygens (including phenoxy) is 2. The highest BCUT2D eigenvalue weighted by Crippen LogP contribution is 2.35. The highest BCUT2D eigenvalue weighted by Gasteiger charge is 2.18. The van der Waals surface area contributed by atoms with Crippen molar-refractivity contribution in [3.63, 3.8) is 0 Å². The molecule has 0 bridgehead atoms. The highest BCUT2D eigenvalue weighted by atomic mass is 16.5. The van der Waals surface area contributed by atoms with Gasteiger partial charge >= 0.3 is 11.9 Å². The van der Waals surface area contributed by atoms with E-state index in [1.807, 2.05) is 12.2 Å². The fourth-order valence-corrected chi connectivity index (χ4v) is 4.99. The fourth-order valence-electron chi connectivity index (χ4n) is 4.99. The van der Waals surface area contributed by atoms with Gasteiger partial charge in [0.2, 0.25) is 0 Å². The number of hydrogen-bond donors (Lipinski definition) is 0. The third kappa shape index (κ3) is 7.44. The second kappa shape index (κ2) is 12.7. The van der Waals surface area contributed by atoms with Gasteiger partial charge in [-0.1, -0.05) is 60.8 Å². The molecule has 0 aromatic rings. The Bertz CT molecular complexity index is 1180. The summed E-state index contributed by atoms with van der Waals surface area (Å²) in [6.45, 7) is 10.6. The molecule has 0 N–H and O–H groups in total. The summed E-state index contributed by atoms with van der Waals surface area (Å²) < 4.78 is 10.7. The molecule has 0 heterocycles. The maximum absolute atomic E-state index is 11.7. The molecule has 0 unspecified atom stereocenters. The van der Waals surface area contributed by atoms with Crippen LogP contribution in [0.5, 0.6) is 0 Å². The van der Waals surface area contributed by atoms with Gasteiger partial charge in [-0.2, -0.15) is 0 Å². The van der Waals surface area contributed by atoms with E-state index in [1.165, 1.54) is 33.4 Å². The largest absolute Gasteiger partial charge is 0.428 e. The van der Waals surface area contributed by atoms with Gasteiger partial charge in [0.1, 0.15) is 11.5 Å². The normalized spacial score (nSPS) is 19.3. The van der Waals surface area contributed by atoms with Crippen molar-refractivity contribution in [1.82, 2.24) is 0 Å². The van der Waals surface area contributed by atoms with E-state index in [0.29, 0.717) is 11.1 Å². The molecule has 0 atom stereocenters. The first-order valence-corrected chi connectivity index (χ1v) is 13.6. The van der Waals surface area contributed by atoms with Crippen LogP contribution < -0.4 is 0 Å². The summed E-state index contributed by atoms with van der Waals surface area (Å²) in [7, 11) is 0. The standard InChI is InChI=1S/C34H38O4/c1-23(2)33(35)37-31-19-15-29(16-20-31)27-11-7-25(8-12-27)5-6-26-9-13-28(14-10-26)30-17-21-32(22-18-30)38-34(36)24(3)4/h7,9,11,13,15,17,19,21H,1,3,5-6,8,10,12,14,16,18,20,22H2,2,4H3. The van der Waals surface area contributed by atoms with Crippen molar-refractivity contribution in [3.05, 3.63) is 118 Å². The summed E-state index contributed by atoms with van der Waals surface area (Å²) in [6.07, 6.45) is 27.1. The Morgan fingerprint density at radius 2 is 0.895 bits per heavy atom. The van der Waals surface area contributed by atoms with Crippen LogP contribution in [-0.4, -0.2) is 11.9 Å². The van der Waals surface area contributed by atoms with Crippen LogP contribution in [-0.2, 0) is 19.1 Å². The lowest BCUT2D eigenvalue weighted by molar-refractivity contribution is -0.136. The van der Waals surface area contributed by atoms with Crippen LogP contribution >= 0.6 is 0 Å². The summed E-state index contributed by atoms with van der Waals surface area (Å²) in [5.41, 5.74) is 9.36. The lowest BCUT2D eigenvalue weighted by atomic mass is 9.85. The number of carbonyl (C=O) groups excluding carboxylic acids is 2. The van der Waals surface area contributed by atoms with Crippen molar-refractivity contribution in [2.24, 2.45) is 0 Å². The maximum atomic E-state index is 11.7. The van der Waals surface area contributed by atoms with Gasteiger partial charge in [-0.15, -0.1) is 0 Å². The van der Waals surface area contributed by atoms with Gasteiger partial charge < -0.3 is 9.47 Å². The molecule has 198 valence electrons. The molecule has 4 aliphatic rings. The summed E-state index contributed by atoms with van der Waals surface area (Å²) >= 11 is 0. The molecule has 0 aromatic heterocycles. The van der Waals surface area contributed by atoms with Gasteiger partial charge in [-0.05, 0) is 99.7 Å². The SMILES string of the molecule is C=C(C)C(=O)OC1=CC=C(C2=CC=C(CCC3=CC=C(C4=CC=C(OC(=O)C(=C)C)CC4)CC3)CC2)CC1. The lowest BCUT2D eigenvalue weighted by Gasteiger charge is -2.22. The van der Waals surface area contributed by atoms with E-state index >= 15 is 0 Å². The van der Waals surface area contributed by atoms with Gasteiger partial charge in [0.05, 0.1) is 0 Å². The minimum absolute atomic E-state index is 0.349. The van der Waals surface area contributed by atoms with Crippen LogP contribution in [0.25, 0.3) is 0 Å². The van der Waals surface area contributed by atoms with Gasteiger partial charge in [0.15, 0.2) is 0 Å². The first-order valence-electron chi connectivity index (χ1n) is 13.6. The fraction of sp³-hybridized carbons (Fsp3) is 0.353. The molecule has 4 rings (SSSR count). The van der Waals surface area contributed by atoms with Gasteiger partial charge in [-0.25, -0.2) is 9.59 Å². The van der Waals surface area contributed by atoms with E-state index < -0.39 is 0 Å².